The Hall–Kier alpha value is -1.38. The first-order valence-corrected chi connectivity index (χ1v) is 6.32. The van der Waals surface area contributed by atoms with Crippen LogP contribution in [-0.2, 0) is 4.79 Å². The fourth-order valence-electron chi connectivity index (χ4n) is 1.40. The van der Waals surface area contributed by atoms with E-state index in [4.69, 9.17) is 11.0 Å². The van der Waals surface area contributed by atoms with E-state index in [1.807, 2.05) is 20.8 Å². The van der Waals surface area contributed by atoms with Crippen molar-refractivity contribution in [3.8, 4) is 6.07 Å². The Kier molecular flexibility index (Phi) is 4.67. The van der Waals surface area contributed by atoms with Gasteiger partial charge in [-0.25, -0.2) is 0 Å². The van der Waals surface area contributed by atoms with E-state index in [0.29, 0.717) is 23.4 Å². The van der Waals surface area contributed by atoms with Crippen molar-refractivity contribution >= 4 is 22.2 Å². The third kappa shape index (κ3) is 3.55. The number of nitrogens with one attached hydrogen (secondary N) is 1. The highest BCUT2D eigenvalue weighted by atomic mass is 32.1. The lowest BCUT2D eigenvalue weighted by molar-refractivity contribution is -0.116. The molecule has 3 N–H and O–H groups in total. The maximum atomic E-state index is 11.6. The van der Waals surface area contributed by atoms with Gasteiger partial charge in [-0.2, -0.15) is 5.26 Å². The molecule has 1 aromatic heterocycles. The lowest BCUT2D eigenvalue weighted by atomic mass is 10.1. The summed E-state index contributed by atoms with van der Waals surface area (Å²) in [5, 5.41) is 12.5. The van der Waals surface area contributed by atoms with Gasteiger partial charge in [0.15, 0.2) is 0 Å². The number of thiophene rings is 1. The van der Waals surface area contributed by atoms with E-state index >= 15 is 0 Å². The molecule has 92 valence electrons. The molecule has 0 aliphatic carbocycles. The van der Waals surface area contributed by atoms with Crippen LogP contribution in [0.5, 0.6) is 0 Å². The van der Waals surface area contributed by atoms with Gasteiger partial charge in [-0.1, -0.05) is 0 Å². The van der Waals surface area contributed by atoms with Crippen molar-refractivity contribution in [2.45, 2.75) is 39.7 Å². The lowest BCUT2D eigenvalue weighted by Crippen LogP contribution is -2.19. The molecule has 5 heteroatoms. The average Bonchev–Trinajstić information content (AvgIpc) is 2.51. The molecule has 1 heterocycles. The molecule has 0 aromatic carbocycles. The molecule has 1 aromatic rings. The third-order valence-electron chi connectivity index (χ3n) is 2.58. The predicted molar refractivity (Wildman–Crippen MR) is 70.0 cm³/mol. The first-order chi connectivity index (χ1) is 7.95. The second-order valence-electron chi connectivity index (χ2n) is 4.16. The van der Waals surface area contributed by atoms with Crippen molar-refractivity contribution in [1.29, 1.82) is 5.26 Å². The normalized spacial score (nSPS) is 11.9. The van der Waals surface area contributed by atoms with Gasteiger partial charge >= 0.3 is 0 Å². The van der Waals surface area contributed by atoms with Crippen molar-refractivity contribution in [3.05, 3.63) is 16.0 Å². The zero-order valence-electron chi connectivity index (χ0n) is 10.3. The van der Waals surface area contributed by atoms with E-state index in [1.54, 1.807) is 0 Å². The summed E-state index contributed by atoms with van der Waals surface area (Å²) < 4.78 is 0. The molecule has 1 rings (SSSR count). The van der Waals surface area contributed by atoms with Gasteiger partial charge in [-0.05, 0) is 32.8 Å². The van der Waals surface area contributed by atoms with Crippen molar-refractivity contribution in [2.75, 3.05) is 5.32 Å². The van der Waals surface area contributed by atoms with E-state index in [1.165, 1.54) is 11.3 Å². The fourth-order valence-corrected chi connectivity index (χ4v) is 2.42. The molecular formula is C12H17N3OS. The first kappa shape index (κ1) is 13.7. The first-order valence-electron chi connectivity index (χ1n) is 5.51. The molecule has 0 radical (unpaired) electrons. The van der Waals surface area contributed by atoms with E-state index in [0.717, 1.165) is 10.4 Å². The molecule has 1 amide bonds. The molecule has 1 atom stereocenters. The minimum absolute atomic E-state index is 0.0167. The monoisotopic (exact) mass is 251 g/mol. The second kappa shape index (κ2) is 5.80. The van der Waals surface area contributed by atoms with Gasteiger partial charge in [-0.3, -0.25) is 4.79 Å². The zero-order valence-corrected chi connectivity index (χ0v) is 11.1. The molecule has 4 nitrogen and oxygen atoms in total. The summed E-state index contributed by atoms with van der Waals surface area (Å²) in [5.41, 5.74) is 7.10. The number of carbonyl (C=O) groups excluding carboxylic acids is 1. The Morgan fingerprint density at radius 2 is 2.24 bits per heavy atom. The molecule has 1 unspecified atom stereocenters. The predicted octanol–water partition coefficient (Wildman–Crippen LogP) is 2.30. The van der Waals surface area contributed by atoms with Gasteiger partial charge < -0.3 is 11.1 Å². The lowest BCUT2D eigenvalue weighted by Gasteiger charge is -2.05. The summed E-state index contributed by atoms with van der Waals surface area (Å²) in [5.74, 6) is -0.0833. The highest BCUT2D eigenvalue weighted by Crippen LogP contribution is 2.31. The topological polar surface area (TPSA) is 78.9 Å². The maximum absolute atomic E-state index is 11.6. The van der Waals surface area contributed by atoms with Gasteiger partial charge in [0.05, 0.1) is 5.56 Å². The Morgan fingerprint density at radius 3 is 2.76 bits per heavy atom. The zero-order chi connectivity index (χ0) is 13.0. The Labute approximate surface area is 105 Å². The average molecular weight is 251 g/mol. The van der Waals surface area contributed by atoms with Crippen LogP contribution in [0.2, 0.25) is 0 Å². The van der Waals surface area contributed by atoms with Crippen LogP contribution >= 0.6 is 11.3 Å². The number of rotatable bonds is 4. The van der Waals surface area contributed by atoms with Crippen LogP contribution < -0.4 is 11.1 Å². The highest BCUT2D eigenvalue weighted by Gasteiger charge is 2.14. The summed E-state index contributed by atoms with van der Waals surface area (Å²) >= 11 is 1.44. The standard InChI is InChI=1S/C12H17N3OS/c1-7(14)4-5-11(16)15-12-10(6-13)8(2)9(3)17-12/h7H,4-5,14H2,1-3H3,(H,15,16). The minimum atomic E-state index is -0.0833. The van der Waals surface area contributed by atoms with E-state index in [-0.39, 0.29) is 11.9 Å². The Balaban J connectivity index is 2.72. The van der Waals surface area contributed by atoms with Crippen LogP contribution in [-0.4, -0.2) is 11.9 Å². The van der Waals surface area contributed by atoms with Crippen LogP contribution in [0.3, 0.4) is 0 Å². The van der Waals surface area contributed by atoms with Crippen molar-refractivity contribution in [1.82, 2.24) is 0 Å². The second-order valence-corrected chi connectivity index (χ2v) is 5.39. The largest absolute Gasteiger partial charge is 0.328 e. The summed E-state index contributed by atoms with van der Waals surface area (Å²) in [6, 6.07) is 2.14. The molecule has 17 heavy (non-hydrogen) atoms. The summed E-state index contributed by atoms with van der Waals surface area (Å²) in [6.45, 7) is 5.70. The van der Waals surface area contributed by atoms with Crippen LogP contribution in [0.1, 0.15) is 35.8 Å². The number of nitrogens with two attached hydrogens (primary N) is 1. The molecule has 0 aliphatic heterocycles. The SMILES string of the molecule is Cc1sc(NC(=O)CCC(C)N)c(C#N)c1C. The van der Waals surface area contributed by atoms with Gasteiger partial charge in [0.2, 0.25) is 5.91 Å². The smallest absolute Gasteiger partial charge is 0.225 e. The third-order valence-corrected chi connectivity index (χ3v) is 3.70. The summed E-state index contributed by atoms with van der Waals surface area (Å²) in [4.78, 5) is 12.7. The van der Waals surface area contributed by atoms with E-state index in [9.17, 15) is 4.79 Å². The van der Waals surface area contributed by atoms with Crippen molar-refractivity contribution in [2.24, 2.45) is 5.73 Å². The fraction of sp³-hybridized carbons (Fsp3) is 0.500. The summed E-state index contributed by atoms with van der Waals surface area (Å²) in [7, 11) is 0. The number of nitrogens with zero attached hydrogens (tertiary/aromatic N) is 1. The Morgan fingerprint density at radius 1 is 1.59 bits per heavy atom. The minimum Gasteiger partial charge on any atom is -0.328 e. The number of hydrogen-bond acceptors (Lipinski definition) is 4. The molecule has 0 aliphatic rings. The van der Waals surface area contributed by atoms with Gasteiger partial charge in [-0.15, -0.1) is 11.3 Å². The quantitative estimate of drug-likeness (QED) is 0.861. The Bertz CT molecular complexity index is 457. The van der Waals surface area contributed by atoms with Crippen LogP contribution in [0.4, 0.5) is 5.00 Å². The number of aryl methyl sites for hydroxylation is 1. The molecule has 0 fully saturated rings. The van der Waals surface area contributed by atoms with Gasteiger partial charge in [0.25, 0.3) is 0 Å². The van der Waals surface area contributed by atoms with Crippen LogP contribution in [0, 0.1) is 25.2 Å². The van der Waals surface area contributed by atoms with Crippen molar-refractivity contribution < 1.29 is 4.79 Å². The number of carbonyl (C=O) groups is 1. The van der Waals surface area contributed by atoms with E-state index < -0.39 is 0 Å². The number of anilines is 1. The van der Waals surface area contributed by atoms with Gasteiger partial charge in [0.1, 0.15) is 11.1 Å². The van der Waals surface area contributed by atoms with Crippen LogP contribution in [0.25, 0.3) is 0 Å². The molecule has 0 spiro atoms. The van der Waals surface area contributed by atoms with Crippen molar-refractivity contribution in [3.63, 3.8) is 0 Å². The number of nitriles is 1. The molecule has 0 saturated carbocycles. The molecular weight excluding hydrogens is 234 g/mol. The summed E-state index contributed by atoms with van der Waals surface area (Å²) in [6.07, 6.45) is 1.04. The highest BCUT2D eigenvalue weighted by molar-refractivity contribution is 7.16. The van der Waals surface area contributed by atoms with Crippen LogP contribution in [0.15, 0.2) is 0 Å². The maximum Gasteiger partial charge on any atom is 0.225 e. The van der Waals surface area contributed by atoms with Gasteiger partial charge in [0, 0.05) is 17.3 Å². The van der Waals surface area contributed by atoms with E-state index in [2.05, 4.69) is 11.4 Å². The number of hydrogen-bond donors (Lipinski definition) is 2. The molecule has 0 saturated heterocycles. The molecule has 0 bridgehead atoms. The number of amides is 1.